The van der Waals surface area contributed by atoms with E-state index < -0.39 is 17.4 Å². The quantitative estimate of drug-likeness (QED) is 0.682. The molecule has 0 spiro atoms. The number of rotatable bonds is 2. The van der Waals surface area contributed by atoms with E-state index in [9.17, 15) is 14.7 Å². The van der Waals surface area contributed by atoms with Crippen LogP contribution >= 0.6 is 0 Å². The third kappa shape index (κ3) is 2.04. The molecule has 0 radical (unpaired) electrons. The molecule has 1 amide bonds. The summed E-state index contributed by atoms with van der Waals surface area (Å²) >= 11 is 0. The zero-order valence-electron chi connectivity index (χ0n) is 13.6. The monoisotopic (exact) mass is 322 g/mol. The standard InChI is InChI=1S/C19H18N2O3/c1-19(2)9-15-14(17(22)21(15)16(19)18(23)24)8-13-7-11-5-3-4-6-12(11)10-20-13/h3-8,10,15-16H,9H2,1-2H3,(H,23,24)/b14-8+/t15?,16-/m0/s1. The van der Waals surface area contributed by atoms with Crippen molar-refractivity contribution in [1.29, 1.82) is 0 Å². The van der Waals surface area contributed by atoms with Gasteiger partial charge in [0.15, 0.2) is 0 Å². The summed E-state index contributed by atoms with van der Waals surface area (Å²) in [5, 5.41) is 11.6. The van der Waals surface area contributed by atoms with Crippen LogP contribution in [0.5, 0.6) is 0 Å². The lowest BCUT2D eigenvalue weighted by molar-refractivity contribution is -0.154. The third-order valence-corrected chi connectivity index (χ3v) is 5.10. The Kier molecular flexibility index (Phi) is 3.04. The van der Waals surface area contributed by atoms with Gasteiger partial charge in [-0.25, -0.2) is 4.79 Å². The molecule has 2 atom stereocenters. The van der Waals surface area contributed by atoms with E-state index in [-0.39, 0.29) is 11.9 Å². The van der Waals surface area contributed by atoms with Gasteiger partial charge in [0.05, 0.1) is 11.7 Å². The maximum absolute atomic E-state index is 12.5. The van der Waals surface area contributed by atoms with Crippen molar-refractivity contribution in [2.75, 3.05) is 0 Å². The summed E-state index contributed by atoms with van der Waals surface area (Å²) < 4.78 is 0. The molecule has 1 aromatic carbocycles. The minimum Gasteiger partial charge on any atom is -0.480 e. The fraction of sp³-hybridized carbons (Fsp3) is 0.316. The highest BCUT2D eigenvalue weighted by atomic mass is 16.4. The lowest BCUT2D eigenvalue weighted by Gasteiger charge is -2.40. The Bertz CT molecular complexity index is 900. The van der Waals surface area contributed by atoms with Crippen LogP contribution in [-0.2, 0) is 9.59 Å². The number of carbonyl (C=O) groups is 2. The lowest BCUT2D eigenvalue weighted by atomic mass is 9.83. The van der Waals surface area contributed by atoms with Gasteiger partial charge in [-0.15, -0.1) is 0 Å². The van der Waals surface area contributed by atoms with E-state index in [1.54, 1.807) is 12.3 Å². The second kappa shape index (κ2) is 4.90. The molecule has 1 N–H and O–H groups in total. The summed E-state index contributed by atoms with van der Waals surface area (Å²) in [4.78, 5) is 29.9. The maximum Gasteiger partial charge on any atom is 0.327 e. The lowest BCUT2D eigenvalue weighted by Crippen LogP contribution is -2.57. The number of aromatic nitrogens is 1. The molecular formula is C19H18N2O3. The van der Waals surface area contributed by atoms with Gasteiger partial charge in [-0.2, -0.15) is 0 Å². The summed E-state index contributed by atoms with van der Waals surface area (Å²) in [7, 11) is 0. The summed E-state index contributed by atoms with van der Waals surface area (Å²) in [6.07, 6.45) is 4.26. The zero-order valence-corrected chi connectivity index (χ0v) is 13.6. The van der Waals surface area contributed by atoms with Gasteiger partial charge in [-0.05, 0) is 29.4 Å². The molecule has 3 heterocycles. The fourth-order valence-corrected chi connectivity index (χ4v) is 3.96. The molecule has 0 aliphatic carbocycles. The fourth-order valence-electron chi connectivity index (χ4n) is 3.96. The second-order valence-corrected chi connectivity index (χ2v) is 7.22. The predicted molar refractivity (Wildman–Crippen MR) is 90.2 cm³/mol. The number of fused-ring (bicyclic) bond motifs is 2. The molecule has 2 fully saturated rings. The Labute approximate surface area is 139 Å². The molecule has 1 unspecified atom stereocenters. The topological polar surface area (TPSA) is 70.5 Å². The molecule has 1 aromatic heterocycles. The molecule has 2 aromatic rings. The first kappa shape index (κ1) is 14.9. The summed E-state index contributed by atoms with van der Waals surface area (Å²) in [5.74, 6) is -1.12. The van der Waals surface area contributed by atoms with Gasteiger partial charge in [0.25, 0.3) is 5.91 Å². The molecule has 2 saturated heterocycles. The highest BCUT2D eigenvalue weighted by Crippen LogP contribution is 2.49. The van der Waals surface area contributed by atoms with Crippen molar-refractivity contribution in [1.82, 2.24) is 9.88 Å². The summed E-state index contributed by atoms with van der Waals surface area (Å²) in [6.45, 7) is 3.81. The first-order valence-electron chi connectivity index (χ1n) is 8.00. The van der Waals surface area contributed by atoms with Crippen LogP contribution in [0, 0.1) is 5.41 Å². The van der Waals surface area contributed by atoms with Crippen LogP contribution in [-0.4, -0.2) is 39.0 Å². The van der Waals surface area contributed by atoms with Crippen molar-refractivity contribution in [2.24, 2.45) is 5.41 Å². The van der Waals surface area contributed by atoms with Crippen LogP contribution in [0.2, 0.25) is 0 Å². The Balaban J connectivity index is 1.69. The normalized spacial score (nSPS) is 26.5. The maximum atomic E-state index is 12.5. The average Bonchev–Trinajstić information content (AvgIpc) is 2.81. The number of nitrogens with zero attached hydrogens (tertiary/aromatic N) is 2. The van der Waals surface area contributed by atoms with Crippen molar-refractivity contribution in [3.63, 3.8) is 0 Å². The Morgan fingerprint density at radius 1 is 1.33 bits per heavy atom. The van der Waals surface area contributed by atoms with E-state index in [2.05, 4.69) is 4.98 Å². The van der Waals surface area contributed by atoms with E-state index in [0.717, 1.165) is 16.5 Å². The van der Waals surface area contributed by atoms with Crippen LogP contribution in [0.1, 0.15) is 26.0 Å². The predicted octanol–water partition coefficient (Wildman–Crippen LogP) is 2.71. The minimum atomic E-state index is -0.932. The molecule has 4 rings (SSSR count). The van der Waals surface area contributed by atoms with Crippen molar-refractivity contribution in [2.45, 2.75) is 32.4 Å². The van der Waals surface area contributed by atoms with Gasteiger partial charge in [0.2, 0.25) is 0 Å². The number of β-lactam (4-membered cyclic amide) rings is 1. The van der Waals surface area contributed by atoms with Gasteiger partial charge in [0, 0.05) is 17.2 Å². The van der Waals surface area contributed by atoms with E-state index >= 15 is 0 Å². The minimum absolute atomic E-state index is 0.123. The van der Waals surface area contributed by atoms with Crippen molar-refractivity contribution in [3.8, 4) is 0 Å². The van der Waals surface area contributed by atoms with E-state index in [1.807, 2.05) is 44.2 Å². The second-order valence-electron chi connectivity index (χ2n) is 7.22. The summed E-state index contributed by atoms with van der Waals surface area (Å²) in [6, 6.07) is 9.00. The molecule has 2 aliphatic rings. The number of carboxylic acid groups (broad SMARTS) is 1. The number of hydrogen-bond acceptors (Lipinski definition) is 3. The number of hydrogen-bond donors (Lipinski definition) is 1. The Hall–Kier alpha value is -2.69. The molecule has 2 aliphatic heterocycles. The largest absolute Gasteiger partial charge is 0.480 e. The number of pyridine rings is 1. The summed E-state index contributed by atoms with van der Waals surface area (Å²) in [5.41, 5.74) is 0.960. The first-order valence-corrected chi connectivity index (χ1v) is 8.00. The number of benzene rings is 1. The van der Waals surface area contributed by atoms with Crippen LogP contribution < -0.4 is 0 Å². The van der Waals surface area contributed by atoms with Crippen LogP contribution in [0.25, 0.3) is 16.8 Å². The van der Waals surface area contributed by atoms with E-state index in [1.165, 1.54) is 4.90 Å². The average molecular weight is 322 g/mol. The molecule has 24 heavy (non-hydrogen) atoms. The van der Waals surface area contributed by atoms with Gasteiger partial charge < -0.3 is 10.0 Å². The van der Waals surface area contributed by atoms with Gasteiger partial charge in [0.1, 0.15) is 6.04 Å². The van der Waals surface area contributed by atoms with E-state index in [0.29, 0.717) is 12.0 Å². The highest BCUT2D eigenvalue weighted by Gasteiger charge is 2.60. The molecule has 122 valence electrons. The van der Waals surface area contributed by atoms with Crippen molar-refractivity contribution >= 4 is 28.7 Å². The molecule has 5 heteroatoms. The first-order chi connectivity index (χ1) is 11.4. The molecule has 5 nitrogen and oxygen atoms in total. The number of carbonyl (C=O) groups excluding carboxylic acids is 1. The number of aliphatic carboxylic acids is 1. The third-order valence-electron chi connectivity index (χ3n) is 5.10. The van der Waals surface area contributed by atoms with Crippen LogP contribution in [0.3, 0.4) is 0 Å². The zero-order chi connectivity index (χ0) is 17.1. The molecule has 0 bridgehead atoms. The SMILES string of the molecule is CC1(C)CC2/C(=C\c3cc4ccccc4cn3)C(=O)N2[C@H]1C(=O)O. The number of amides is 1. The Morgan fingerprint density at radius 2 is 2.04 bits per heavy atom. The van der Waals surface area contributed by atoms with E-state index in [4.69, 9.17) is 0 Å². The van der Waals surface area contributed by atoms with Gasteiger partial charge in [-0.3, -0.25) is 9.78 Å². The molecule has 0 saturated carbocycles. The van der Waals surface area contributed by atoms with Crippen LogP contribution in [0.4, 0.5) is 0 Å². The molecular weight excluding hydrogens is 304 g/mol. The van der Waals surface area contributed by atoms with Crippen molar-refractivity contribution in [3.05, 3.63) is 47.8 Å². The van der Waals surface area contributed by atoms with Crippen molar-refractivity contribution < 1.29 is 14.7 Å². The van der Waals surface area contributed by atoms with Crippen LogP contribution in [0.15, 0.2) is 42.1 Å². The van der Waals surface area contributed by atoms with Gasteiger partial charge in [-0.1, -0.05) is 38.1 Å². The highest BCUT2D eigenvalue weighted by molar-refractivity contribution is 6.08. The van der Waals surface area contributed by atoms with Gasteiger partial charge >= 0.3 is 5.97 Å². The smallest absolute Gasteiger partial charge is 0.327 e. The Morgan fingerprint density at radius 3 is 2.75 bits per heavy atom. The number of carboxylic acids is 1.